The van der Waals surface area contributed by atoms with Crippen molar-refractivity contribution in [1.82, 2.24) is 60.9 Å². The zero-order valence-electron chi connectivity index (χ0n) is 60.9. The highest BCUT2D eigenvalue weighted by Gasteiger charge is 2.46. The molecule has 2 saturated heterocycles. The van der Waals surface area contributed by atoms with Crippen molar-refractivity contribution < 1.29 is 67.3 Å². The average Bonchev–Trinajstić information content (AvgIpc) is 0.843. The van der Waals surface area contributed by atoms with Crippen LogP contribution in [0.25, 0.3) is 0 Å². The Morgan fingerprint density at radius 1 is 0.516 bits per heavy atom. The third-order valence-electron chi connectivity index (χ3n) is 18.3. The van der Waals surface area contributed by atoms with Crippen LogP contribution in [0.4, 0.5) is 0 Å². The van der Waals surface area contributed by atoms with E-state index in [9.17, 15) is 38.7 Å². The maximum atomic E-state index is 15.3. The van der Waals surface area contributed by atoms with Crippen molar-refractivity contribution in [3.05, 3.63) is 0 Å². The Morgan fingerprint density at radius 3 is 1.52 bits per heavy atom. The summed E-state index contributed by atoms with van der Waals surface area (Å²) in [5, 5.41) is 26.2. The number of methoxy groups -OCH3 is 1. The van der Waals surface area contributed by atoms with Crippen molar-refractivity contribution in [2.24, 2.45) is 41.4 Å². The van der Waals surface area contributed by atoms with Crippen LogP contribution in [0.2, 0.25) is 0 Å². The number of amides is 11. The minimum Gasteiger partial charge on any atom is -0.390 e. The number of nitrogens with one attached hydrogen (secondary N) is 5. The molecule has 0 spiro atoms. The predicted octanol–water partition coefficient (Wildman–Crippen LogP) is 2.48. The summed E-state index contributed by atoms with van der Waals surface area (Å²) >= 11 is 0. The van der Waals surface area contributed by atoms with Crippen LogP contribution in [0.1, 0.15) is 163 Å². The van der Waals surface area contributed by atoms with Gasteiger partial charge in [-0.3, -0.25) is 57.6 Å². The zero-order valence-corrected chi connectivity index (χ0v) is 60.9. The number of aliphatic hydroxyl groups excluding tert-OH is 1. The molecule has 0 aromatic rings. The van der Waals surface area contributed by atoms with Crippen LogP contribution in [0.5, 0.6) is 0 Å². The van der Waals surface area contributed by atoms with E-state index in [1.807, 2.05) is 48.5 Å². The largest absolute Gasteiger partial charge is 0.390 e. The molecule has 26 heteroatoms. The molecule has 15 atom stereocenters. The molecule has 0 aromatic heterocycles. The summed E-state index contributed by atoms with van der Waals surface area (Å²) < 4.78 is 11.3. The fraction of sp³-hybridized carbons (Fsp3) is 0.836. The molecule has 2 aliphatic heterocycles. The Balaban J connectivity index is 3.02. The SMILES string of the molecule is CCCC[C@@H](C)[C@@H](O)[C@H]1C(=O)N[C@@H](CC)C(=O)N(C)[C@H](C)C(=O)N[C@@H]([C@@H](C)CN2CCO[C@H](COC)C2)C(=O)N[C@@H](C(C)C)C(=O)N(C)[C@@H](CC(C)C)C(=O)N[C@@H](C)C(=O)N[C@H](C)C(=O)N(C)[C@@H](CC(C)C)C(=O)N(C)[C@@H](CC(C)C)C(=O)N(C)[C@@H](C(C)C)C(=O)N1C. The number of ether oxygens (including phenoxy) is 2. The van der Waals surface area contributed by atoms with Crippen molar-refractivity contribution in [1.29, 1.82) is 0 Å². The number of carbonyl (C=O) groups excluding carboxylic acids is 11. The van der Waals surface area contributed by atoms with Gasteiger partial charge in [-0.25, -0.2) is 0 Å². The lowest BCUT2D eigenvalue weighted by molar-refractivity contribution is -0.157. The molecular weight excluding hydrogens is 1200 g/mol. The number of rotatable bonds is 19. The van der Waals surface area contributed by atoms with Gasteiger partial charge in [0.15, 0.2) is 0 Å². The average molecular weight is 1320 g/mol. The standard InChI is InChI=1S/C67H122N12O14/c1-25-27-28-42(13)56(80)55-61(85)70-48(26-2)63(87)73(18)46(17)58(82)72-53(43(14)34-79-29-30-93-47(35-79)36-92-24)60(84)71-52(40(9)10)66(90)74(19)49(31-37(3)4)59(83)68-44(15)57(81)69-45(16)62(86)75(20)50(32-38(5)6)64(88)76(21)51(33-39(7)8)65(89)77(22)54(41(11)12)67(91)78(55)23/h37-56,80H,25-36H2,1-24H3,(H,68,83)(H,69,81)(H,70,85)(H,71,84)(H,72,82)/t42-,43+,44+,45-,46-,47+,48+,49+,50+,51+,52+,53+,54+,55+,56-/m1/s1. The van der Waals surface area contributed by atoms with Gasteiger partial charge in [0.2, 0.25) is 65.0 Å². The van der Waals surface area contributed by atoms with E-state index in [0.717, 1.165) is 16.2 Å². The lowest BCUT2D eigenvalue weighted by Gasteiger charge is -2.41. The van der Waals surface area contributed by atoms with E-state index in [-0.39, 0.29) is 56.1 Å². The summed E-state index contributed by atoms with van der Waals surface area (Å²) in [7, 11) is 10.1. The first-order valence-electron chi connectivity index (χ1n) is 33.8. The Labute approximate surface area is 556 Å². The fourth-order valence-corrected chi connectivity index (χ4v) is 12.3. The van der Waals surface area contributed by atoms with Gasteiger partial charge in [0.1, 0.15) is 66.5 Å². The molecule has 534 valence electrons. The van der Waals surface area contributed by atoms with E-state index in [1.54, 1.807) is 55.6 Å². The quantitative estimate of drug-likeness (QED) is 0.108. The Hall–Kier alpha value is -5.99. The monoisotopic (exact) mass is 1320 g/mol. The highest BCUT2D eigenvalue weighted by Crippen LogP contribution is 2.26. The Morgan fingerprint density at radius 2 is 1.01 bits per heavy atom. The van der Waals surface area contributed by atoms with E-state index >= 15 is 19.2 Å². The highest BCUT2D eigenvalue weighted by molar-refractivity contribution is 6.00. The second-order valence-corrected chi connectivity index (χ2v) is 28.4. The summed E-state index contributed by atoms with van der Waals surface area (Å²) in [5.74, 6) is -10.5. The second-order valence-electron chi connectivity index (χ2n) is 28.4. The van der Waals surface area contributed by atoms with Gasteiger partial charge >= 0.3 is 0 Å². The summed E-state index contributed by atoms with van der Waals surface area (Å²) in [6.07, 6.45) is 0.635. The number of nitrogens with zero attached hydrogens (tertiary/aromatic N) is 7. The summed E-state index contributed by atoms with van der Waals surface area (Å²) in [6, 6.07) is -14.0. The van der Waals surface area contributed by atoms with E-state index in [0.29, 0.717) is 39.1 Å². The van der Waals surface area contributed by atoms with E-state index in [2.05, 4.69) is 31.5 Å². The van der Waals surface area contributed by atoms with Gasteiger partial charge in [-0.2, -0.15) is 0 Å². The minimum atomic E-state index is -1.60. The van der Waals surface area contributed by atoms with Crippen molar-refractivity contribution in [3.63, 3.8) is 0 Å². The van der Waals surface area contributed by atoms with E-state index in [4.69, 9.17) is 9.47 Å². The van der Waals surface area contributed by atoms with Crippen LogP contribution >= 0.6 is 0 Å². The molecule has 11 amide bonds. The lowest BCUT2D eigenvalue weighted by Crippen LogP contribution is -2.64. The maximum Gasteiger partial charge on any atom is 0.246 e. The lowest BCUT2D eigenvalue weighted by atomic mass is 9.90. The molecule has 26 nitrogen and oxygen atoms in total. The van der Waals surface area contributed by atoms with Crippen molar-refractivity contribution in [2.75, 3.05) is 82.2 Å². The minimum absolute atomic E-state index is 0.00389. The number of hydrogen-bond donors (Lipinski definition) is 6. The number of unbranched alkanes of at least 4 members (excludes halogenated alkanes) is 1. The summed E-state index contributed by atoms with van der Waals surface area (Å²) in [6.45, 7) is 31.6. The molecule has 2 aliphatic rings. The van der Waals surface area contributed by atoms with Crippen LogP contribution < -0.4 is 26.6 Å². The number of hydrogen-bond acceptors (Lipinski definition) is 15. The molecule has 93 heavy (non-hydrogen) atoms. The van der Waals surface area contributed by atoms with Crippen LogP contribution in [-0.4, -0.2) is 265 Å². The highest BCUT2D eigenvalue weighted by atomic mass is 16.5. The topological polar surface area (TPSA) is 309 Å². The van der Waals surface area contributed by atoms with Gasteiger partial charge in [0.25, 0.3) is 0 Å². The van der Waals surface area contributed by atoms with E-state index < -0.39 is 161 Å². The Bertz CT molecular complexity index is 2500. The molecule has 0 aromatic carbocycles. The van der Waals surface area contributed by atoms with E-state index in [1.165, 1.54) is 82.7 Å². The third-order valence-corrected chi connectivity index (χ3v) is 18.3. The normalized spacial score (nSPS) is 28.5. The van der Waals surface area contributed by atoms with Crippen LogP contribution in [0.3, 0.4) is 0 Å². The molecule has 0 unspecified atom stereocenters. The van der Waals surface area contributed by atoms with Crippen molar-refractivity contribution in [3.8, 4) is 0 Å². The Kier molecular flexibility index (Phi) is 34.4. The predicted molar refractivity (Wildman–Crippen MR) is 356 cm³/mol. The van der Waals surface area contributed by atoms with Crippen molar-refractivity contribution >= 4 is 65.0 Å². The van der Waals surface area contributed by atoms with Crippen LogP contribution in [-0.2, 0) is 62.2 Å². The molecule has 2 heterocycles. The fourth-order valence-electron chi connectivity index (χ4n) is 12.3. The number of aliphatic hydroxyl groups is 1. The number of carbonyl (C=O) groups is 11. The maximum absolute atomic E-state index is 15.3. The summed E-state index contributed by atoms with van der Waals surface area (Å²) in [4.78, 5) is 172. The van der Waals surface area contributed by atoms with Gasteiger partial charge in [0.05, 0.1) is 25.4 Å². The molecular formula is C67H122N12O14. The van der Waals surface area contributed by atoms with Gasteiger partial charge in [-0.15, -0.1) is 0 Å². The molecule has 2 rings (SSSR count). The van der Waals surface area contributed by atoms with Gasteiger partial charge in [0, 0.05) is 69.0 Å². The zero-order chi connectivity index (χ0) is 71.4. The van der Waals surface area contributed by atoms with Gasteiger partial charge in [-0.1, -0.05) is 110 Å². The molecule has 0 bridgehead atoms. The molecule has 0 aliphatic carbocycles. The molecule has 0 radical (unpaired) electrons. The van der Waals surface area contributed by atoms with Crippen LogP contribution in [0, 0.1) is 41.4 Å². The number of morpholine rings is 1. The first-order valence-corrected chi connectivity index (χ1v) is 33.8. The van der Waals surface area contributed by atoms with Gasteiger partial charge < -0.3 is 70.6 Å². The first-order chi connectivity index (χ1) is 43.2. The number of likely N-dealkylation sites (N-methyl/N-ethyl adjacent to an activating group) is 6. The molecule has 6 N–H and O–H groups in total. The smallest absolute Gasteiger partial charge is 0.246 e. The third kappa shape index (κ3) is 23.4. The second kappa shape index (κ2) is 38.5. The molecule has 2 fully saturated rings. The van der Waals surface area contributed by atoms with Crippen molar-refractivity contribution in [2.45, 2.75) is 241 Å². The molecule has 0 saturated carbocycles. The first kappa shape index (κ1) is 83.1. The van der Waals surface area contributed by atoms with Gasteiger partial charge in [-0.05, 0) is 94.3 Å². The summed E-state index contributed by atoms with van der Waals surface area (Å²) in [5.41, 5.74) is 0. The van der Waals surface area contributed by atoms with Crippen LogP contribution in [0.15, 0.2) is 0 Å².